The summed E-state index contributed by atoms with van der Waals surface area (Å²) in [5, 5.41) is 15.8. The standard InChI is InChI=1S/C30H34N6O6/c1-33-19-27(38)35-24(15-20-10-12-23(37)13-11-20)29(39)34(17-22-8-4-5-14-31-22)18-26(35)36(33)30(40)32-16-21-7-6-9-25(41-2)28(21)42-3/h4-14,24,26,37H,15-19H2,1-3H3,(H,32,40)/t24-,26?/m0/s1. The van der Waals surface area contributed by atoms with Crippen LogP contribution in [0.1, 0.15) is 16.8 Å². The molecule has 0 aliphatic carbocycles. The molecule has 0 radical (unpaired) electrons. The lowest BCUT2D eigenvalue weighted by Gasteiger charge is -2.54. The first-order chi connectivity index (χ1) is 20.3. The number of carbonyl (C=O) groups excluding carboxylic acids is 3. The Balaban J connectivity index is 1.44. The molecule has 5 rings (SSSR count). The number of phenolic OH excluding ortho intramolecular Hbond substituents is 1. The molecule has 12 nitrogen and oxygen atoms in total. The number of carbonyl (C=O) groups is 3. The number of benzene rings is 2. The highest BCUT2D eigenvalue weighted by atomic mass is 16.5. The Bertz CT molecular complexity index is 1440. The van der Waals surface area contributed by atoms with Crippen molar-refractivity contribution in [2.45, 2.75) is 31.7 Å². The molecule has 2 fully saturated rings. The fourth-order valence-electron chi connectivity index (χ4n) is 5.53. The summed E-state index contributed by atoms with van der Waals surface area (Å²) in [5.74, 6) is 0.682. The smallest absolute Gasteiger partial charge is 0.334 e. The zero-order valence-electron chi connectivity index (χ0n) is 23.8. The van der Waals surface area contributed by atoms with Crippen molar-refractivity contribution in [3.05, 3.63) is 83.7 Å². The highest BCUT2D eigenvalue weighted by Crippen LogP contribution is 2.31. The molecule has 3 heterocycles. The van der Waals surface area contributed by atoms with Gasteiger partial charge in [0.25, 0.3) is 0 Å². The van der Waals surface area contributed by atoms with Crippen LogP contribution >= 0.6 is 0 Å². The molecule has 2 saturated heterocycles. The minimum Gasteiger partial charge on any atom is -0.508 e. The molecule has 42 heavy (non-hydrogen) atoms. The molecule has 4 amide bonds. The Labute approximate surface area is 244 Å². The van der Waals surface area contributed by atoms with Gasteiger partial charge in [0.05, 0.1) is 39.5 Å². The molecule has 1 unspecified atom stereocenters. The number of urea groups is 1. The first kappa shape index (κ1) is 28.7. The van der Waals surface area contributed by atoms with Gasteiger partial charge >= 0.3 is 6.03 Å². The lowest BCUT2D eigenvalue weighted by molar-refractivity contribution is -0.187. The highest BCUT2D eigenvalue weighted by molar-refractivity contribution is 5.91. The van der Waals surface area contributed by atoms with Crippen molar-refractivity contribution >= 4 is 17.8 Å². The van der Waals surface area contributed by atoms with Crippen LogP contribution in [0.5, 0.6) is 17.2 Å². The van der Waals surface area contributed by atoms with E-state index in [0.29, 0.717) is 17.2 Å². The number of aromatic hydroxyl groups is 1. The second-order valence-corrected chi connectivity index (χ2v) is 10.2. The van der Waals surface area contributed by atoms with Gasteiger partial charge in [-0.1, -0.05) is 30.3 Å². The van der Waals surface area contributed by atoms with Gasteiger partial charge in [0.2, 0.25) is 11.8 Å². The van der Waals surface area contributed by atoms with Gasteiger partial charge in [-0.15, -0.1) is 0 Å². The minimum atomic E-state index is -0.855. The van der Waals surface area contributed by atoms with Crippen molar-refractivity contribution in [2.75, 3.05) is 34.4 Å². The predicted molar refractivity (Wildman–Crippen MR) is 152 cm³/mol. The molecule has 3 aromatic rings. The molecule has 2 N–H and O–H groups in total. The molecule has 2 aliphatic rings. The first-order valence-electron chi connectivity index (χ1n) is 13.6. The van der Waals surface area contributed by atoms with E-state index in [-0.39, 0.29) is 50.2 Å². The number of amides is 4. The van der Waals surface area contributed by atoms with Crippen LogP contribution in [0.25, 0.3) is 0 Å². The summed E-state index contributed by atoms with van der Waals surface area (Å²) < 4.78 is 10.9. The minimum absolute atomic E-state index is 0.0774. The third kappa shape index (κ3) is 5.79. The first-order valence-corrected chi connectivity index (χ1v) is 13.6. The number of hydrogen-bond donors (Lipinski definition) is 2. The summed E-state index contributed by atoms with van der Waals surface area (Å²) in [7, 11) is 4.76. The number of likely N-dealkylation sites (N-methyl/N-ethyl adjacent to an activating group) is 1. The Kier molecular flexibility index (Phi) is 8.43. The van der Waals surface area contributed by atoms with Gasteiger partial charge in [0, 0.05) is 31.8 Å². The number of phenols is 1. The average molecular weight is 575 g/mol. The molecule has 2 atom stereocenters. The number of rotatable bonds is 8. The van der Waals surface area contributed by atoms with Crippen LogP contribution in [-0.4, -0.2) is 94.3 Å². The molecule has 0 spiro atoms. The van der Waals surface area contributed by atoms with Crippen molar-refractivity contribution in [3.63, 3.8) is 0 Å². The van der Waals surface area contributed by atoms with Crippen molar-refractivity contribution in [1.29, 1.82) is 0 Å². The van der Waals surface area contributed by atoms with Gasteiger partial charge in [0.1, 0.15) is 18.0 Å². The highest BCUT2D eigenvalue weighted by Gasteiger charge is 2.50. The maximum absolute atomic E-state index is 13.9. The van der Waals surface area contributed by atoms with Crippen LogP contribution < -0.4 is 14.8 Å². The van der Waals surface area contributed by atoms with Crippen LogP contribution in [-0.2, 0) is 29.1 Å². The van der Waals surface area contributed by atoms with Crippen molar-refractivity contribution in [1.82, 2.24) is 30.1 Å². The number of methoxy groups -OCH3 is 2. The zero-order valence-corrected chi connectivity index (χ0v) is 23.8. The Morgan fingerprint density at radius 3 is 2.52 bits per heavy atom. The Morgan fingerprint density at radius 2 is 1.83 bits per heavy atom. The van der Waals surface area contributed by atoms with Gasteiger partial charge in [0.15, 0.2) is 11.5 Å². The number of ether oxygens (including phenoxy) is 2. The Hall–Kier alpha value is -4.84. The maximum Gasteiger partial charge on any atom is 0.334 e. The zero-order chi connectivity index (χ0) is 29.8. The van der Waals surface area contributed by atoms with Gasteiger partial charge in [-0.2, -0.15) is 0 Å². The van der Waals surface area contributed by atoms with Gasteiger partial charge in [-0.3, -0.25) is 14.6 Å². The Morgan fingerprint density at radius 1 is 1.05 bits per heavy atom. The molecular weight excluding hydrogens is 540 g/mol. The second kappa shape index (κ2) is 12.4. The van der Waals surface area contributed by atoms with E-state index in [0.717, 1.165) is 11.1 Å². The number of hydrogen-bond acceptors (Lipinski definition) is 8. The van der Waals surface area contributed by atoms with Crippen LogP contribution in [0.2, 0.25) is 0 Å². The monoisotopic (exact) mass is 574 g/mol. The van der Waals surface area contributed by atoms with E-state index in [1.54, 1.807) is 66.7 Å². The topological polar surface area (TPSA) is 128 Å². The molecular formula is C30H34N6O6. The summed E-state index contributed by atoms with van der Waals surface area (Å²) in [5.41, 5.74) is 2.19. The van der Waals surface area contributed by atoms with E-state index in [1.807, 2.05) is 24.3 Å². The largest absolute Gasteiger partial charge is 0.508 e. The summed E-state index contributed by atoms with van der Waals surface area (Å²) in [6.45, 7) is 0.404. The molecule has 2 aliphatic heterocycles. The maximum atomic E-state index is 13.9. The SMILES string of the molecule is COc1cccc(CNC(=O)N2C3CN(Cc4ccccn4)C(=O)[C@H](Cc4ccc(O)cc4)N3C(=O)CN2C)c1OC. The van der Waals surface area contributed by atoms with Crippen LogP contribution in [0.15, 0.2) is 66.9 Å². The molecule has 12 heteroatoms. The third-order valence-corrected chi connectivity index (χ3v) is 7.51. The molecule has 0 saturated carbocycles. The quantitative estimate of drug-likeness (QED) is 0.418. The van der Waals surface area contributed by atoms with E-state index in [4.69, 9.17) is 9.47 Å². The van der Waals surface area contributed by atoms with Gasteiger partial charge in [-0.25, -0.2) is 14.8 Å². The van der Waals surface area contributed by atoms with E-state index in [2.05, 4.69) is 10.3 Å². The number of piperazine rings is 1. The van der Waals surface area contributed by atoms with Gasteiger partial charge in [-0.05, 0) is 35.9 Å². The lowest BCUT2D eigenvalue weighted by atomic mass is 9.98. The average Bonchev–Trinajstić information content (AvgIpc) is 2.99. The summed E-state index contributed by atoms with van der Waals surface area (Å²) in [4.78, 5) is 48.7. The van der Waals surface area contributed by atoms with Crippen molar-refractivity contribution in [2.24, 2.45) is 0 Å². The van der Waals surface area contributed by atoms with E-state index in [1.165, 1.54) is 17.0 Å². The lowest BCUT2D eigenvalue weighted by Crippen LogP contribution is -2.76. The number of hydrazine groups is 1. The van der Waals surface area contributed by atoms with E-state index < -0.39 is 18.2 Å². The summed E-state index contributed by atoms with van der Waals surface area (Å²) in [6.07, 6.45) is 1.13. The van der Waals surface area contributed by atoms with Crippen molar-refractivity contribution in [3.8, 4) is 17.2 Å². The summed E-state index contributed by atoms with van der Waals surface area (Å²) in [6, 6.07) is 16.2. The third-order valence-electron chi connectivity index (χ3n) is 7.51. The van der Waals surface area contributed by atoms with Crippen LogP contribution in [0.3, 0.4) is 0 Å². The second-order valence-electron chi connectivity index (χ2n) is 10.2. The van der Waals surface area contributed by atoms with E-state index in [9.17, 15) is 19.5 Å². The van der Waals surface area contributed by atoms with Crippen molar-refractivity contribution < 1.29 is 29.0 Å². The molecule has 0 bridgehead atoms. The predicted octanol–water partition coefficient (Wildman–Crippen LogP) is 1.98. The summed E-state index contributed by atoms with van der Waals surface area (Å²) >= 11 is 0. The molecule has 1 aromatic heterocycles. The fourth-order valence-corrected chi connectivity index (χ4v) is 5.53. The number of fused-ring (bicyclic) bond motifs is 1. The normalized spacial score (nSPS) is 19.0. The molecule has 2 aromatic carbocycles. The number of nitrogens with one attached hydrogen (secondary N) is 1. The van der Waals surface area contributed by atoms with Crippen LogP contribution in [0.4, 0.5) is 4.79 Å². The number of para-hydroxylation sites is 1. The number of pyridine rings is 1. The fraction of sp³-hybridized carbons (Fsp3) is 0.333. The molecule has 220 valence electrons. The van der Waals surface area contributed by atoms with E-state index >= 15 is 0 Å². The number of aromatic nitrogens is 1. The van der Waals surface area contributed by atoms with Crippen LogP contribution in [0, 0.1) is 0 Å². The van der Waals surface area contributed by atoms with Gasteiger partial charge < -0.3 is 29.7 Å². The number of nitrogens with zero attached hydrogens (tertiary/aromatic N) is 5.